The first-order valence-corrected chi connectivity index (χ1v) is 7.65. The van der Waals surface area contributed by atoms with Crippen LogP contribution in [0.2, 0.25) is 0 Å². The molecule has 0 amide bonds. The van der Waals surface area contributed by atoms with Gasteiger partial charge in [0.05, 0.1) is 5.56 Å². The fourth-order valence-electron chi connectivity index (χ4n) is 3.03. The summed E-state index contributed by atoms with van der Waals surface area (Å²) in [6, 6.07) is 2.72. The number of hydrogen-bond donors (Lipinski definition) is 1. The molecule has 140 valence electrons. The van der Waals surface area contributed by atoms with Crippen molar-refractivity contribution in [3.8, 4) is 0 Å². The minimum Gasteiger partial charge on any atom is -0.314 e. The minimum absolute atomic E-state index is 0. The summed E-state index contributed by atoms with van der Waals surface area (Å²) in [7, 11) is 0. The van der Waals surface area contributed by atoms with E-state index in [1.807, 2.05) is 13.8 Å². The second kappa shape index (κ2) is 9.80. The summed E-state index contributed by atoms with van der Waals surface area (Å²) in [6.07, 6.45) is -3.70. The Morgan fingerprint density at radius 3 is 2.21 bits per heavy atom. The summed E-state index contributed by atoms with van der Waals surface area (Å²) >= 11 is 0. The van der Waals surface area contributed by atoms with Gasteiger partial charge in [-0.25, -0.2) is 4.39 Å². The molecule has 8 heteroatoms. The molecular weight excluding hydrogens is 367 g/mol. The molecule has 0 saturated carbocycles. The minimum atomic E-state index is -4.53. The SMILES string of the molecule is CCC(C)[C@H](c1cc(F)cc(C(F)(F)F)c1)N1CCNCC1.Cl.Cl. The fraction of sp³-hybridized carbons (Fsp3) is 0.625. The van der Waals surface area contributed by atoms with Crippen molar-refractivity contribution in [1.82, 2.24) is 10.2 Å². The highest BCUT2D eigenvalue weighted by Crippen LogP contribution is 2.36. The first-order valence-electron chi connectivity index (χ1n) is 7.65. The summed E-state index contributed by atoms with van der Waals surface area (Å²) in [5, 5.41) is 3.23. The van der Waals surface area contributed by atoms with Gasteiger partial charge in [0, 0.05) is 32.2 Å². The summed E-state index contributed by atoms with van der Waals surface area (Å²) in [5.41, 5.74) is -0.491. The van der Waals surface area contributed by atoms with Gasteiger partial charge < -0.3 is 5.32 Å². The number of halogens is 6. The van der Waals surface area contributed by atoms with E-state index in [0.717, 1.165) is 38.7 Å². The van der Waals surface area contributed by atoms with E-state index >= 15 is 0 Å². The number of piperazine rings is 1. The summed E-state index contributed by atoms with van der Waals surface area (Å²) in [4.78, 5) is 2.15. The van der Waals surface area contributed by atoms with E-state index in [1.165, 1.54) is 6.07 Å². The second-order valence-electron chi connectivity index (χ2n) is 5.89. The molecule has 1 fully saturated rings. The van der Waals surface area contributed by atoms with Crippen LogP contribution < -0.4 is 5.32 Å². The average molecular weight is 391 g/mol. The van der Waals surface area contributed by atoms with Crippen LogP contribution in [0.25, 0.3) is 0 Å². The van der Waals surface area contributed by atoms with Crippen molar-refractivity contribution < 1.29 is 17.6 Å². The van der Waals surface area contributed by atoms with Crippen molar-refractivity contribution in [3.05, 3.63) is 35.1 Å². The standard InChI is InChI=1S/C16H22F4N2.2ClH/c1-3-11(2)15(22-6-4-21-5-7-22)12-8-13(16(18,19)20)10-14(17)9-12;;/h8-11,15,21H,3-7H2,1-2H3;2*1H/t11?,15-;;/m1../s1. The first-order chi connectivity index (χ1) is 10.3. The largest absolute Gasteiger partial charge is 0.416 e. The van der Waals surface area contributed by atoms with Crippen LogP contribution in [0.15, 0.2) is 18.2 Å². The maximum absolute atomic E-state index is 13.7. The number of alkyl halides is 3. The number of hydrogen-bond acceptors (Lipinski definition) is 2. The van der Waals surface area contributed by atoms with Crippen molar-refractivity contribution in [3.63, 3.8) is 0 Å². The molecule has 0 aromatic heterocycles. The van der Waals surface area contributed by atoms with Crippen LogP contribution in [-0.2, 0) is 6.18 Å². The predicted octanol–water partition coefficient (Wildman–Crippen LogP) is 4.68. The van der Waals surface area contributed by atoms with Gasteiger partial charge >= 0.3 is 6.18 Å². The topological polar surface area (TPSA) is 15.3 Å². The van der Waals surface area contributed by atoms with E-state index in [1.54, 1.807) is 0 Å². The Hall–Kier alpha value is -0.560. The number of benzene rings is 1. The van der Waals surface area contributed by atoms with Crippen LogP contribution >= 0.6 is 24.8 Å². The van der Waals surface area contributed by atoms with Crippen LogP contribution in [0.4, 0.5) is 17.6 Å². The van der Waals surface area contributed by atoms with Gasteiger partial charge in [-0.1, -0.05) is 20.3 Å². The maximum Gasteiger partial charge on any atom is 0.416 e. The number of rotatable bonds is 4. The van der Waals surface area contributed by atoms with E-state index in [0.29, 0.717) is 11.6 Å². The summed E-state index contributed by atoms with van der Waals surface area (Å²) in [6.45, 7) is 7.12. The molecule has 2 nitrogen and oxygen atoms in total. The molecule has 2 atom stereocenters. The Balaban J connectivity index is 0.00000264. The van der Waals surface area contributed by atoms with Crippen LogP contribution in [0.5, 0.6) is 0 Å². The molecular formula is C16H24Cl2F4N2. The first kappa shape index (κ1) is 23.4. The quantitative estimate of drug-likeness (QED) is 0.750. The van der Waals surface area contributed by atoms with Gasteiger partial charge in [-0.15, -0.1) is 24.8 Å². The third kappa shape index (κ3) is 5.76. The van der Waals surface area contributed by atoms with Crippen LogP contribution in [0, 0.1) is 11.7 Å². The van der Waals surface area contributed by atoms with Crippen molar-refractivity contribution >= 4 is 24.8 Å². The molecule has 0 aliphatic carbocycles. The molecule has 0 radical (unpaired) electrons. The van der Waals surface area contributed by atoms with Crippen molar-refractivity contribution in [1.29, 1.82) is 0 Å². The van der Waals surface area contributed by atoms with Crippen LogP contribution in [0.3, 0.4) is 0 Å². The average Bonchev–Trinajstić information content (AvgIpc) is 2.47. The normalized spacial score (nSPS) is 18.2. The molecule has 1 aromatic carbocycles. The highest BCUT2D eigenvalue weighted by molar-refractivity contribution is 5.85. The van der Waals surface area contributed by atoms with Crippen LogP contribution in [-0.4, -0.2) is 31.1 Å². The zero-order valence-corrected chi connectivity index (χ0v) is 15.3. The highest BCUT2D eigenvalue weighted by atomic mass is 35.5. The van der Waals surface area contributed by atoms with Gasteiger partial charge in [0.2, 0.25) is 0 Å². The Kier molecular flexibility index (Phi) is 9.57. The van der Waals surface area contributed by atoms with Gasteiger partial charge in [0.15, 0.2) is 0 Å². The monoisotopic (exact) mass is 390 g/mol. The Labute approximate surface area is 152 Å². The highest BCUT2D eigenvalue weighted by Gasteiger charge is 2.34. The van der Waals surface area contributed by atoms with Crippen LogP contribution in [0.1, 0.15) is 37.4 Å². The van der Waals surface area contributed by atoms with Gasteiger partial charge in [0.25, 0.3) is 0 Å². The molecule has 1 aromatic rings. The lowest BCUT2D eigenvalue weighted by atomic mass is 9.89. The van der Waals surface area contributed by atoms with Crippen molar-refractivity contribution in [2.24, 2.45) is 5.92 Å². The number of nitrogens with one attached hydrogen (secondary N) is 1. The van der Waals surface area contributed by atoms with Gasteiger partial charge in [-0.05, 0) is 29.7 Å². The maximum atomic E-state index is 13.7. The molecule has 1 heterocycles. The van der Waals surface area contributed by atoms with Gasteiger partial charge in [-0.3, -0.25) is 4.90 Å². The lowest BCUT2D eigenvalue weighted by Crippen LogP contribution is -2.46. The predicted molar refractivity (Wildman–Crippen MR) is 92.5 cm³/mol. The van der Waals surface area contributed by atoms with E-state index in [-0.39, 0.29) is 36.8 Å². The third-order valence-electron chi connectivity index (χ3n) is 4.32. The van der Waals surface area contributed by atoms with Gasteiger partial charge in [-0.2, -0.15) is 13.2 Å². The van der Waals surface area contributed by atoms with Crippen molar-refractivity contribution in [2.45, 2.75) is 32.5 Å². The van der Waals surface area contributed by atoms with E-state index in [2.05, 4.69) is 10.2 Å². The molecule has 1 unspecified atom stereocenters. The lowest BCUT2D eigenvalue weighted by Gasteiger charge is -2.38. The summed E-state index contributed by atoms with van der Waals surface area (Å²) < 4.78 is 52.6. The molecule has 1 N–H and O–H groups in total. The smallest absolute Gasteiger partial charge is 0.314 e. The third-order valence-corrected chi connectivity index (χ3v) is 4.32. The molecule has 1 aliphatic rings. The molecule has 0 spiro atoms. The zero-order valence-electron chi connectivity index (χ0n) is 13.7. The Bertz CT molecular complexity index is 505. The number of nitrogens with zero attached hydrogens (tertiary/aromatic N) is 1. The molecule has 0 bridgehead atoms. The second-order valence-corrected chi connectivity index (χ2v) is 5.89. The lowest BCUT2D eigenvalue weighted by molar-refractivity contribution is -0.137. The van der Waals surface area contributed by atoms with Gasteiger partial charge in [0.1, 0.15) is 5.82 Å². The van der Waals surface area contributed by atoms with E-state index in [4.69, 9.17) is 0 Å². The van der Waals surface area contributed by atoms with E-state index in [9.17, 15) is 17.6 Å². The molecule has 1 saturated heterocycles. The summed E-state index contributed by atoms with van der Waals surface area (Å²) in [5.74, 6) is -0.672. The Morgan fingerprint density at radius 1 is 1.12 bits per heavy atom. The fourth-order valence-corrected chi connectivity index (χ4v) is 3.03. The van der Waals surface area contributed by atoms with Crippen molar-refractivity contribution in [2.75, 3.05) is 26.2 Å². The Morgan fingerprint density at radius 2 is 1.71 bits per heavy atom. The molecule has 2 rings (SSSR count). The van der Waals surface area contributed by atoms with E-state index < -0.39 is 17.6 Å². The molecule has 1 aliphatic heterocycles. The zero-order chi connectivity index (χ0) is 16.3. The molecule has 24 heavy (non-hydrogen) atoms.